The molecule has 1 aliphatic heterocycles. The molecule has 178 valence electrons. The Bertz CT molecular complexity index is 1100. The van der Waals surface area contributed by atoms with E-state index >= 15 is 0 Å². The van der Waals surface area contributed by atoms with Crippen LogP contribution < -0.4 is 9.47 Å². The van der Waals surface area contributed by atoms with Crippen LogP contribution in [0.25, 0.3) is 11.3 Å². The normalized spacial score (nSPS) is 13.6. The summed E-state index contributed by atoms with van der Waals surface area (Å²) in [6.45, 7) is 2.01. The number of benzene rings is 2. The molecule has 1 saturated heterocycles. The maximum Gasteiger partial charge on any atom is 0.254 e. The van der Waals surface area contributed by atoms with Gasteiger partial charge < -0.3 is 23.7 Å². The lowest BCUT2D eigenvalue weighted by molar-refractivity contribution is -0.132. The standard InChI is InChI=1S/C26H29N3O5/c1-32-21-15-20(16-22(17-21)33-2)26(31)29-13-11-28(12-14-29)25(30)10-6-9-24-27-18-23(34-24)19-7-4-3-5-8-19/h3-5,7-8,15-18H,6,9-14H2,1-2H3. The van der Waals surface area contributed by atoms with Gasteiger partial charge in [0.05, 0.1) is 20.4 Å². The van der Waals surface area contributed by atoms with Crippen molar-refractivity contribution in [3.63, 3.8) is 0 Å². The predicted molar refractivity (Wildman–Crippen MR) is 127 cm³/mol. The average molecular weight is 464 g/mol. The van der Waals surface area contributed by atoms with Crippen LogP contribution in [0.2, 0.25) is 0 Å². The molecule has 0 bridgehead atoms. The van der Waals surface area contributed by atoms with Crippen molar-refractivity contribution < 1.29 is 23.5 Å². The molecule has 0 atom stereocenters. The van der Waals surface area contributed by atoms with Gasteiger partial charge in [-0.1, -0.05) is 30.3 Å². The van der Waals surface area contributed by atoms with Crippen LogP contribution in [0, 0.1) is 0 Å². The zero-order chi connectivity index (χ0) is 23.9. The van der Waals surface area contributed by atoms with Gasteiger partial charge in [0.15, 0.2) is 11.7 Å². The number of hydrogen-bond donors (Lipinski definition) is 0. The second-order valence-electron chi connectivity index (χ2n) is 8.11. The summed E-state index contributed by atoms with van der Waals surface area (Å²) < 4.78 is 16.3. The van der Waals surface area contributed by atoms with Crippen molar-refractivity contribution in [2.24, 2.45) is 0 Å². The number of carbonyl (C=O) groups is 2. The molecule has 0 N–H and O–H groups in total. The Balaban J connectivity index is 1.24. The van der Waals surface area contributed by atoms with Crippen molar-refractivity contribution in [3.05, 3.63) is 66.2 Å². The Morgan fingerprint density at radius 1 is 0.941 bits per heavy atom. The van der Waals surface area contributed by atoms with E-state index in [-0.39, 0.29) is 11.8 Å². The third-order valence-electron chi connectivity index (χ3n) is 5.91. The predicted octanol–water partition coefficient (Wildman–Crippen LogP) is 3.67. The number of ether oxygens (including phenoxy) is 2. The number of aryl methyl sites for hydroxylation is 1. The van der Waals surface area contributed by atoms with E-state index in [1.165, 1.54) is 0 Å². The van der Waals surface area contributed by atoms with Crippen LogP contribution in [0.3, 0.4) is 0 Å². The number of amides is 2. The van der Waals surface area contributed by atoms with E-state index in [2.05, 4.69) is 4.98 Å². The quantitative estimate of drug-likeness (QED) is 0.507. The van der Waals surface area contributed by atoms with E-state index in [0.29, 0.717) is 68.4 Å². The van der Waals surface area contributed by atoms with Crippen LogP contribution in [-0.4, -0.2) is 67.0 Å². The molecule has 0 unspecified atom stereocenters. The van der Waals surface area contributed by atoms with Gasteiger partial charge in [-0.25, -0.2) is 4.98 Å². The maximum atomic E-state index is 12.9. The molecule has 0 radical (unpaired) electrons. The molecule has 3 aromatic rings. The first-order valence-corrected chi connectivity index (χ1v) is 11.4. The summed E-state index contributed by atoms with van der Waals surface area (Å²) in [5, 5.41) is 0. The Hall–Kier alpha value is -3.81. The average Bonchev–Trinajstić information content (AvgIpc) is 3.37. The summed E-state index contributed by atoms with van der Waals surface area (Å²) in [4.78, 5) is 33.5. The smallest absolute Gasteiger partial charge is 0.254 e. The minimum absolute atomic E-state index is 0.0880. The minimum Gasteiger partial charge on any atom is -0.497 e. The lowest BCUT2D eigenvalue weighted by Gasteiger charge is -2.35. The fourth-order valence-corrected chi connectivity index (χ4v) is 3.98. The fourth-order valence-electron chi connectivity index (χ4n) is 3.98. The molecule has 34 heavy (non-hydrogen) atoms. The van der Waals surface area contributed by atoms with Gasteiger partial charge in [-0.15, -0.1) is 0 Å². The van der Waals surface area contributed by atoms with Crippen molar-refractivity contribution in [2.75, 3.05) is 40.4 Å². The highest BCUT2D eigenvalue weighted by Crippen LogP contribution is 2.24. The molecule has 1 aromatic heterocycles. The van der Waals surface area contributed by atoms with Gasteiger partial charge in [-0.3, -0.25) is 9.59 Å². The number of hydrogen-bond acceptors (Lipinski definition) is 6. The van der Waals surface area contributed by atoms with Crippen molar-refractivity contribution >= 4 is 11.8 Å². The molecule has 1 fully saturated rings. The molecule has 0 aliphatic carbocycles. The summed E-state index contributed by atoms with van der Waals surface area (Å²) in [5.74, 6) is 2.50. The first-order valence-electron chi connectivity index (χ1n) is 11.4. The van der Waals surface area contributed by atoms with Gasteiger partial charge in [0.1, 0.15) is 11.5 Å². The Morgan fingerprint density at radius 2 is 1.59 bits per heavy atom. The summed E-state index contributed by atoms with van der Waals surface area (Å²) >= 11 is 0. The van der Waals surface area contributed by atoms with E-state index in [4.69, 9.17) is 13.9 Å². The summed E-state index contributed by atoms with van der Waals surface area (Å²) in [7, 11) is 3.11. The summed E-state index contributed by atoms with van der Waals surface area (Å²) in [6.07, 6.45) is 3.41. The van der Waals surface area contributed by atoms with Crippen molar-refractivity contribution in [1.29, 1.82) is 0 Å². The third kappa shape index (κ3) is 5.57. The van der Waals surface area contributed by atoms with Gasteiger partial charge >= 0.3 is 0 Å². The van der Waals surface area contributed by atoms with Crippen molar-refractivity contribution in [2.45, 2.75) is 19.3 Å². The van der Waals surface area contributed by atoms with Crippen LogP contribution in [0.5, 0.6) is 11.5 Å². The van der Waals surface area contributed by atoms with Gasteiger partial charge in [0.2, 0.25) is 5.91 Å². The Kier molecular flexibility index (Phi) is 7.47. The number of aromatic nitrogens is 1. The van der Waals surface area contributed by atoms with Crippen molar-refractivity contribution in [3.8, 4) is 22.8 Å². The first kappa shape index (κ1) is 23.4. The summed E-state index contributed by atoms with van der Waals surface area (Å²) in [6, 6.07) is 15.0. The van der Waals surface area contributed by atoms with Gasteiger partial charge in [0.25, 0.3) is 5.91 Å². The molecular formula is C26H29N3O5. The second-order valence-corrected chi connectivity index (χ2v) is 8.11. The highest BCUT2D eigenvalue weighted by Gasteiger charge is 2.25. The van der Waals surface area contributed by atoms with Gasteiger partial charge in [0, 0.05) is 56.2 Å². The molecule has 4 rings (SSSR count). The molecule has 1 aliphatic rings. The second kappa shape index (κ2) is 10.9. The highest BCUT2D eigenvalue weighted by atomic mass is 16.5. The van der Waals surface area contributed by atoms with Crippen LogP contribution >= 0.6 is 0 Å². The molecule has 8 heteroatoms. The van der Waals surface area contributed by atoms with E-state index < -0.39 is 0 Å². The van der Waals surface area contributed by atoms with Crippen LogP contribution in [-0.2, 0) is 11.2 Å². The molecule has 0 spiro atoms. The first-order chi connectivity index (χ1) is 16.6. The highest BCUT2D eigenvalue weighted by molar-refractivity contribution is 5.95. The van der Waals surface area contributed by atoms with E-state index in [9.17, 15) is 9.59 Å². The van der Waals surface area contributed by atoms with Crippen LogP contribution in [0.1, 0.15) is 29.1 Å². The van der Waals surface area contributed by atoms with Gasteiger partial charge in [-0.05, 0) is 18.6 Å². The summed E-state index contributed by atoms with van der Waals surface area (Å²) in [5.41, 5.74) is 1.49. The minimum atomic E-state index is -0.0950. The zero-order valence-electron chi connectivity index (χ0n) is 19.5. The third-order valence-corrected chi connectivity index (χ3v) is 5.91. The number of nitrogens with zero attached hydrogens (tertiary/aromatic N) is 3. The van der Waals surface area contributed by atoms with E-state index in [0.717, 1.165) is 11.3 Å². The monoisotopic (exact) mass is 463 g/mol. The SMILES string of the molecule is COc1cc(OC)cc(C(=O)N2CCN(C(=O)CCCc3ncc(-c4ccccc4)o3)CC2)c1. The number of carbonyl (C=O) groups excluding carboxylic acids is 2. The topological polar surface area (TPSA) is 85.1 Å². The molecule has 2 amide bonds. The van der Waals surface area contributed by atoms with E-state index in [1.807, 2.05) is 35.2 Å². The van der Waals surface area contributed by atoms with Crippen LogP contribution in [0.4, 0.5) is 0 Å². The molecule has 8 nitrogen and oxygen atoms in total. The molecule has 2 heterocycles. The van der Waals surface area contributed by atoms with Crippen molar-refractivity contribution in [1.82, 2.24) is 14.8 Å². The van der Waals surface area contributed by atoms with E-state index in [1.54, 1.807) is 43.5 Å². The number of oxazole rings is 1. The fraction of sp³-hybridized carbons (Fsp3) is 0.346. The van der Waals surface area contributed by atoms with Gasteiger partial charge in [-0.2, -0.15) is 0 Å². The Morgan fingerprint density at radius 3 is 2.24 bits per heavy atom. The number of rotatable bonds is 8. The molecule has 0 saturated carbocycles. The number of piperazine rings is 1. The van der Waals surface area contributed by atoms with Crippen LogP contribution in [0.15, 0.2) is 59.1 Å². The lowest BCUT2D eigenvalue weighted by Crippen LogP contribution is -2.50. The largest absolute Gasteiger partial charge is 0.497 e. The molecule has 2 aromatic carbocycles. The lowest BCUT2D eigenvalue weighted by atomic mass is 10.1. The maximum absolute atomic E-state index is 12.9. The zero-order valence-corrected chi connectivity index (χ0v) is 19.5. The Labute approximate surface area is 199 Å². The number of methoxy groups -OCH3 is 2. The molecular weight excluding hydrogens is 434 g/mol.